The van der Waals surface area contributed by atoms with Gasteiger partial charge in [0, 0.05) is 29.3 Å². The maximum Gasteiger partial charge on any atom is 0.271 e. The number of H-pyrrole nitrogens is 1. The SMILES string of the molecule is CC(C)n1cc(Nc2nc3ccc(S(C)(=O)=O)cc3c3cn[nH]c23)c(C(N)=O)n1. The molecule has 1 amide bonds. The standard InChI is InChI=1S/C18H19N7O3S/c1-9(2)25-8-14(16(24-25)17(19)26)22-18-15-12(7-20-23-15)11-6-10(29(3,27)28)4-5-13(11)21-18/h4-9H,1-3H3,(H2,19,26)(H,20,23)(H,21,22). The molecule has 4 N–H and O–H groups in total. The van der Waals surface area contributed by atoms with Gasteiger partial charge in [-0.05, 0) is 32.0 Å². The third kappa shape index (κ3) is 3.29. The van der Waals surface area contributed by atoms with Gasteiger partial charge in [0.15, 0.2) is 21.3 Å². The van der Waals surface area contributed by atoms with Gasteiger partial charge >= 0.3 is 0 Å². The van der Waals surface area contributed by atoms with Crippen LogP contribution in [-0.2, 0) is 9.84 Å². The molecule has 0 saturated carbocycles. The Bertz CT molecular complexity index is 1370. The van der Waals surface area contributed by atoms with Crippen molar-refractivity contribution in [1.29, 1.82) is 0 Å². The third-order valence-electron chi connectivity index (χ3n) is 4.54. The summed E-state index contributed by atoms with van der Waals surface area (Å²) in [7, 11) is -3.36. The Balaban J connectivity index is 1.89. The maximum atomic E-state index is 11.9. The number of aromatic amines is 1. The Morgan fingerprint density at radius 1 is 1.28 bits per heavy atom. The number of anilines is 2. The summed E-state index contributed by atoms with van der Waals surface area (Å²) in [5.74, 6) is -0.241. The van der Waals surface area contributed by atoms with Gasteiger partial charge in [0.2, 0.25) is 0 Å². The largest absolute Gasteiger partial charge is 0.364 e. The topological polar surface area (TPSA) is 149 Å². The Labute approximate surface area is 166 Å². The molecule has 11 heteroatoms. The van der Waals surface area contributed by atoms with Crippen LogP contribution in [0.25, 0.3) is 21.8 Å². The number of hydrogen-bond acceptors (Lipinski definition) is 7. The highest BCUT2D eigenvalue weighted by Crippen LogP contribution is 2.31. The second-order valence-corrected chi connectivity index (χ2v) is 9.04. The number of nitrogens with zero attached hydrogens (tertiary/aromatic N) is 4. The molecule has 0 unspecified atom stereocenters. The van der Waals surface area contributed by atoms with E-state index in [1.807, 2.05) is 13.8 Å². The van der Waals surface area contributed by atoms with Crippen LogP contribution in [0.5, 0.6) is 0 Å². The van der Waals surface area contributed by atoms with Gasteiger partial charge in [0.25, 0.3) is 5.91 Å². The van der Waals surface area contributed by atoms with Gasteiger partial charge in [-0.25, -0.2) is 13.4 Å². The number of carbonyl (C=O) groups is 1. The van der Waals surface area contributed by atoms with E-state index in [-0.39, 0.29) is 16.6 Å². The van der Waals surface area contributed by atoms with Crippen LogP contribution in [-0.4, -0.2) is 45.5 Å². The molecule has 0 radical (unpaired) electrons. The molecule has 0 spiro atoms. The van der Waals surface area contributed by atoms with E-state index in [0.29, 0.717) is 33.3 Å². The molecule has 10 nitrogen and oxygen atoms in total. The molecule has 4 rings (SSSR count). The summed E-state index contributed by atoms with van der Waals surface area (Å²) in [6, 6.07) is 4.75. The summed E-state index contributed by atoms with van der Waals surface area (Å²) in [5, 5.41) is 15.6. The van der Waals surface area contributed by atoms with Gasteiger partial charge < -0.3 is 11.1 Å². The minimum absolute atomic E-state index is 0.0369. The fraction of sp³-hybridized carbons (Fsp3) is 0.222. The van der Waals surface area contributed by atoms with Crippen molar-refractivity contribution in [3.63, 3.8) is 0 Å². The number of rotatable bonds is 5. The van der Waals surface area contributed by atoms with Crippen LogP contribution in [0.3, 0.4) is 0 Å². The zero-order chi connectivity index (χ0) is 20.9. The number of pyridine rings is 1. The van der Waals surface area contributed by atoms with Gasteiger partial charge in [-0.2, -0.15) is 10.2 Å². The van der Waals surface area contributed by atoms with E-state index in [0.717, 1.165) is 6.26 Å². The molecule has 29 heavy (non-hydrogen) atoms. The predicted molar refractivity (Wildman–Crippen MR) is 109 cm³/mol. The van der Waals surface area contributed by atoms with Crippen LogP contribution in [0, 0.1) is 0 Å². The molecule has 0 fully saturated rings. The molecule has 4 aromatic rings. The number of nitrogens with two attached hydrogens (primary N) is 1. The molecule has 0 aliphatic carbocycles. The lowest BCUT2D eigenvalue weighted by atomic mass is 10.1. The summed E-state index contributed by atoms with van der Waals surface area (Å²) >= 11 is 0. The van der Waals surface area contributed by atoms with E-state index < -0.39 is 15.7 Å². The van der Waals surface area contributed by atoms with Crippen molar-refractivity contribution >= 4 is 49.1 Å². The van der Waals surface area contributed by atoms with E-state index in [9.17, 15) is 13.2 Å². The normalized spacial score (nSPS) is 12.1. The van der Waals surface area contributed by atoms with Crippen LogP contribution in [0.2, 0.25) is 0 Å². The fourth-order valence-corrected chi connectivity index (χ4v) is 3.70. The number of fused-ring (bicyclic) bond motifs is 3. The highest BCUT2D eigenvalue weighted by molar-refractivity contribution is 7.90. The number of hydrogen-bond donors (Lipinski definition) is 3. The number of primary amides is 1. The lowest BCUT2D eigenvalue weighted by molar-refractivity contribution is 0.0995. The minimum atomic E-state index is -3.36. The van der Waals surface area contributed by atoms with Crippen molar-refractivity contribution in [2.45, 2.75) is 24.8 Å². The van der Waals surface area contributed by atoms with Crippen LogP contribution in [0.4, 0.5) is 11.5 Å². The van der Waals surface area contributed by atoms with Crippen molar-refractivity contribution in [3.05, 3.63) is 36.3 Å². The second-order valence-electron chi connectivity index (χ2n) is 7.02. The molecule has 0 aliphatic heterocycles. The number of sulfone groups is 1. The molecular formula is C18H19N7O3S. The number of carbonyl (C=O) groups excluding carboxylic acids is 1. The number of aromatic nitrogens is 5. The highest BCUT2D eigenvalue weighted by Gasteiger charge is 2.19. The second kappa shape index (κ2) is 6.55. The summed E-state index contributed by atoms with van der Waals surface area (Å²) in [5.41, 5.74) is 7.13. The molecule has 1 aromatic carbocycles. The molecule has 0 aliphatic rings. The first kappa shape index (κ1) is 18.9. The molecule has 0 bridgehead atoms. The minimum Gasteiger partial charge on any atom is -0.364 e. The Morgan fingerprint density at radius 3 is 2.69 bits per heavy atom. The Kier molecular flexibility index (Phi) is 4.26. The van der Waals surface area contributed by atoms with E-state index in [4.69, 9.17) is 5.73 Å². The average Bonchev–Trinajstić information content (AvgIpc) is 3.28. The van der Waals surface area contributed by atoms with Crippen molar-refractivity contribution in [3.8, 4) is 0 Å². The lowest BCUT2D eigenvalue weighted by Gasteiger charge is -2.09. The van der Waals surface area contributed by atoms with Gasteiger partial charge in [0.05, 0.1) is 22.3 Å². The monoisotopic (exact) mass is 413 g/mol. The van der Waals surface area contributed by atoms with Crippen molar-refractivity contribution < 1.29 is 13.2 Å². The van der Waals surface area contributed by atoms with E-state index >= 15 is 0 Å². The summed E-state index contributed by atoms with van der Waals surface area (Å²) in [6.07, 6.45) is 4.44. The zero-order valence-corrected chi connectivity index (χ0v) is 16.8. The van der Waals surface area contributed by atoms with Crippen LogP contribution < -0.4 is 11.1 Å². The summed E-state index contributed by atoms with van der Waals surface area (Å²) < 4.78 is 25.4. The molecular weight excluding hydrogens is 394 g/mol. The predicted octanol–water partition coefficient (Wildman–Crippen LogP) is 2.13. The zero-order valence-electron chi connectivity index (χ0n) is 16.0. The van der Waals surface area contributed by atoms with Crippen LogP contribution in [0.15, 0.2) is 35.5 Å². The number of benzene rings is 1. The Morgan fingerprint density at radius 2 is 2.03 bits per heavy atom. The van der Waals surface area contributed by atoms with Crippen LogP contribution in [0.1, 0.15) is 30.4 Å². The quantitative estimate of drug-likeness (QED) is 0.454. The highest BCUT2D eigenvalue weighted by atomic mass is 32.2. The van der Waals surface area contributed by atoms with Gasteiger partial charge in [-0.1, -0.05) is 0 Å². The van der Waals surface area contributed by atoms with E-state index in [1.54, 1.807) is 29.2 Å². The van der Waals surface area contributed by atoms with Crippen molar-refractivity contribution in [2.24, 2.45) is 5.73 Å². The Hall–Kier alpha value is -3.47. The van der Waals surface area contributed by atoms with Crippen molar-refractivity contribution in [1.82, 2.24) is 25.0 Å². The van der Waals surface area contributed by atoms with Gasteiger partial charge in [-0.15, -0.1) is 0 Å². The first-order chi connectivity index (χ1) is 13.6. The number of nitrogens with one attached hydrogen (secondary N) is 2. The molecule has 3 heterocycles. The number of amides is 1. The van der Waals surface area contributed by atoms with Gasteiger partial charge in [0.1, 0.15) is 5.52 Å². The third-order valence-corrected chi connectivity index (χ3v) is 5.65. The van der Waals surface area contributed by atoms with Gasteiger partial charge in [-0.3, -0.25) is 14.6 Å². The van der Waals surface area contributed by atoms with E-state index in [2.05, 4.69) is 25.6 Å². The lowest BCUT2D eigenvalue weighted by Crippen LogP contribution is -2.14. The fourth-order valence-electron chi connectivity index (χ4n) is 3.05. The first-order valence-corrected chi connectivity index (χ1v) is 10.7. The summed E-state index contributed by atoms with van der Waals surface area (Å²) in [6.45, 7) is 3.87. The molecule has 0 atom stereocenters. The first-order valence-electron chi connectivity index (χ1n) is 8.78. The molecule has 150 valence electrons. The summed E-state index contributed by atoms with van der Waals surface area (Å²) in [4.78, 5) is 16.6. The van der Waals surface area contributed by atoms with E-state index in [1.165, 1.54) is 6.07 Å². The average molecular weight is 413 g/mol. The van der Waals surface area contributed by atoms with Crippen molar-refractivity contribution in [2.75, 3.05) is 11.6 Å². The smallest absolute Gasteiger partial charge is 0.271 e. The maximum absolute atomic E-state index is 11.9. The molecule has 3 aromatic heterocycles. The van der Waals surface area contributed by atoms with Crippen LogP contribution >= 0.6 is 0 Å². The molecule has 0 saturated heterocycles.